The predicted molar refractivity (Wildman–Crippen MR) is 76.6 cm³/mol. The summed E-state index contributed by atoms with van der Waals surface area (Å²) in [4.78, 5) is 4.69. The van der Waals surface area contributed by atoms with Gasteiger partial charge in [0, 0.05) is 6.54 Å². The largest absolute Gasteiger partial charge is 0.327 e. The number of nitrogens with two attached hydrogens (primary N) is 1. The van der Waals surface area contributed by atoms with Crippen molar-refractivity contribution < 1.29 is 0 Å². The first kappa shape index (κ1) is 13.1. The maximum atomic E-state index is 6.04. The van der Waals surface area contributed by atoms with E-state index >= 15 is 0 Å². The van der Waals surface area contributed by atoms with Crippen LogP contribution in [0.5, 0.6) is 0 Å². The van der Waals surface area contributed by atoms with E-state index < -0.39 is 0 Å². The summed E-state index contributed by atoms with van der Waals surface area (Å²) >= 11 is 0. The summed E-state index contributed by atoms with van der Waals surface area (Å²) in [6.07, 6.45) is 3.68. The van der Waals surface area contributed by atoms with Crippen LogP contribution in [-0.2, 0) is 6.54 Å². The van der Waals surface area contributed by atoms with Gasteiger partial charge in [0.15, 0.2) is 0 Å². The summed E-state index contributed by atoms with van der Waals surface area (Å²) < 4.78 is 2.29. The van der Waals surface area contributed by atoms with Crippen molar-refractivity contribution in [2.24, 2.45) is 5.73 Å². The van der Waals surface area contributed by atoms with E-state index in [2.05, 4.69) is 41.6 Å². The lowest BCUT2D eigenvalue weighted by Crippen LogP contribution is -2.13. The molecule has 98 valence electrons. The molecule has 0 spiro atoms. The first-order valence-corrected chi connectivity index (χ1v) is 6.86. The van der Waals surface area contributed by atoms with Crippen molar-refractivity contribution in [3.05, 3.63) is 29.6 Å². The van der Waals surface area contributed by atoms with E-state index in [1.54, 1.807) is 0 Å². The molecule has 0 saturated carbocycles. The summed E-state index contributed by atoms with van der Waals surface area (Å²) in [6.45, 7) is 7.34. The monoisotopic (exact) mass is 245 g/mol. The molecule has 1 aromatic heterocycles. The zero-order chi connectivity index (χ0) is 13.1. The molecular weight excluding hydrogens is 222 g/mol. The molecule has 18 heavy (non-hydrogen) atoms. The second-order valence-corrected chi connectivity index (χ2v) is 5.11. The fourth-order valence-corrected chi connectivity index (χ4v) is 2.36. The number of hydrogen-bond acceptors (Lipinski definition) is 2. The molecule has 0 aliphatic rings. The number of unbranched alkanes of at least 4 members (excludes halogenated alkanes) is 2. The van der Waals surface area contributed by atoms with Crippen LogP contribution in [0.2, 0.25) is 0 Å². The van der Waals surface area contributed by atoms with Crippen LogP contribution >= 0.6 is 0 Å². The van der Waals surface area contributed by atoms with Gasteiger partial charge in [0.05, 0.1) is 17.1 Å². The van der Waals surface area contributed by atoms with E-state index in [4.69, 9.17) is 5.73 Å². The second kappa shape index (κ2) is 5.53. The molecule has 1 unspecified atom stereocenters. The molecule has 0 aliphatic heterocycles. The first-order chi connectivity index (χ1) is 8.63. The van der Waals surface area contributed by atoms with E-state index in [0.29, 0.717) is 0 Å². The molecular formula is C15H23N3. The Morgan fingerprint density at radius 2 is 2.11 bits per heavy atom. The number of hydrogen-bond donors (Lipinski definition) is 1. The van der Waals surface area contributed by atoms with Gasteiger partial charge in [0.25, 0.3) is 0 Å². The van der Waals surface area contributed by atoms with Crippen molar-refractivity contribution in [1.82, 2.24) is 9.55 Å². The first-order valence-electron chi connectivity index (χ1n) is 6.86. The van der Waals surface area contributed by atoms with Gasteiger partial charge in [-0.3, -0.25) is 0 Å². The maximum Gasteiger partial charge on any atom is 0.126 e. The molecule has 2 N–H and O–H groups in total. The van der Waals surface area contributed by atoms with Crippen LogP contribution in [0.1, 0.15) is 50.5 Å². The lowest BCUT2D eigenvalue weighted by atomic mass is 10.2. The molecule has 0 amide bonds. The van der Waals surface area contributed by atoms with E-state index in [1.807, 2.05) is 6.92 Å². The van der Waals surface area contributed by atoms with Crippen LogP contribution in [0, 0.1) is 6.92 Å². The molecule has 3 nitrogen and oxygen atoms in total. The average Bonchev–Trinajstić information content (AvgIpc) is 2.68. The predicted octanol–water partition coefficient (Wildman–Crippen LogP) is 3.55. The molecule has 2 rings (SSSR count). The van der Waals surface area contributed by atoms with E-state index in [0.717, 1.165) is 17.9 Å². The SMILES string of the molecule is CCCCCn1c(C(C)N)nc2cc(C)ccc21. The molecule has 0 saturated heterocycles. The highest BCUT2D eigenvalue weighted by molar-refractivity contribution is 5.77. The average molecular weight is 245 g/mol. The third-order valence-electron chi connectivity index (χ3n) is 3.33. The summed E-state index contributed by atoms with van der Waals surface area (Å²) in [6, 6.07) is 6.43. The Morgan fingerprint density at radius 1 is 1.33 bits per heavy atom. The number of benzene rings is 1. The van der Waals surface area contributed by atoms with Gasteiger partial charge >= 0.3 is 0 Å². The van der Waals surface area contributed by atoms with E-state index in [-0.39, 0.29) is 6.04 Å². The highest BCUT2D eigenvalue weighted by atomic mass is 15.1. The van der Waals surface area contributed by atoms with Gasteiger partial charge in [-0.15, -0.1) is 0 Å². The van der Waals surface area contributed by atoms with Crippen molar-refractivity contribution in [1.29, 1.82) is 0 Å². The van der Waals surface area contributed by atoms with Gasteiger partial charge in [-0.25, -0.2) is 4.98 Å². The highest BCUT2D eigenvalue weighted by Crippen LogP contribution is 2.21. The van der Waals surface area contributed by atoms with Gasteiger partial charge in [0.2, 0.25) is 0 Å². The van der Waals surface area contributed by atoms with Crippen LogP contribution < -0.4 is 5.73 Å². The Hall–Kier alpha value is -1.35. The summed E-state index contributed by atoms with van der Waals surface area (Å²) in [5, 5.41) is 0. The Morgan fingerprint density at radius 3 is 2.78 bits per heavy atom. The van der Waals surface area contributed by atoms with Gasteiger partial charge in [-0.2, -0.15) is 0 Å². The molecule has 0 fully saturated rings. The topological polar surface area (TPSA) is 43.8 Å². The minimum atomic E-state index is -0.0145. The highest BCUT2D eigenvalue weighted by Gasteiger charge is 2.13. The lowest BCUT2D eigenvalue weighted by Gasteiger charge is -2.11. The van der Waals surface area contributed by atoms with E-state index in [9.17, 15) is 0 Å². The number of nitrogens with zero attached hydrogens (tertiary/aromatic N) is 2. The van der Waals surface area contributed by atoms with Crippen molar-refractivity contribution in [3.63, 3.8) is 0 Å². The van der Waals surface area contributed by atoms with Crippen LogP contribution in [-0.4, -0.2) is 9.55 Å². The van der Waals surface area contributed by atoms with Crippen LogP contribution in [0.3, 0.4) is 0 Å². The Bertz CT molecular complexity index is 526. The molecule has 2 aromatic rings. The zero-order valence-corrected chi connectivity index (χ0v) is 11.6. The Kier molecular flexibility index (Phi) is 4.02. The number of imidazole rings is 1. The smallest absolute Gasteiger partial charge is 0.126 e. The Balaban J connectivity index is 2.42. The summed E-state index contributed by atoms with van der Waals surface area (Å²) in [5.74, 6) is 1.01. The normalized spacial score (nSPS) is 13.1. The minimum absolute atomic E-state index is 0.0145. The molecule has 0 bridgehead atoms. The van der Waals surface area contributed by atoms with Crippen molar-refractivity contribution in [2.75, 3.05) is 0 Å². The standard InChI is InChI=1S/C15H23N3/c1-4-5-6-9-18-14-8-7-11(2)10-13(14)17-15(18)12(3)16/h7-8,10,12H,4-6,9,16H2,1-3H3. The fraction of sp³-hybridized carbons (Fsp3) is 0.533. The summed E-state index contributed by atoms with van der Waals surface area (Å²) in [7, 11) is 0. The molecule has 1 atom stereocenters. The second-order valence-electron chi connectivity index (χ2n) is 5.11. The number of fused-ring (bicyclic) bond motifs is 1. The molecule has 0 radical (unpaired) electrons. The number of aromatic nitrogens is 2. The molecule has 0 aliphatic carbocycles. The lowest BCUT2D eigenvalue weighted by molar-refractivity contribution is 0.570. The molecule has 3 heteroatoms. The minimum Gasteiger partial charge on any atom is -0.327 e. The third kappa shape index (κ3) is 2.56. The quantitative estimate of drug-likeness (QED) is 0.819. The number of rotatable bonds is 5. The van der Waals surface area contributed by atoms with Crippen molar-refractivity contribution in [2.45, 2.75) is 52.6 Å². The zero-order valence-electron chi connectivity index (χ0n) is 11.6. The van der Waals surface area contributed by atoms with E-state index in [1.165, 1.54) is 30.3 Å². The van der Waals surface area contributed by atoms with Gasteiger partial charge in [-0.05, 0) is 38.0 Å². The maximum absolute atomic E-state index is 6.04. The summed E-state index contributed by atoms with van der Waals surface area (Å²) in [5.41, 5.74) is 9.56. The van der Waals surface area contributed by atoms with Crippen LogP contribution in [0.25, 0.3) is 11.0 Å². The fourth-order valence-electron chi connectivity index (χ4n) is 2.36. The van der Waals surface area contributed by atoms with Gasteiger partial charge in [-0.1, -0.05) is 25.8 Å². The van der Waals surface area contributed by atoms with Gasteiger partial charge < -0.3 is 10.3 Å². The Labute approximate surface area is 109 Å². The van der Waals surface area contributed by atoms with Crippen molar-refractivity contribution >= 4 is 11.0 Å². The van der Waals surface area contributed by atoms with Crippen molar-refractivity contribution in [3.8, 4) is 0 Å². The van der Waals surface area contributed by atoms with Crippen LogP contribution in [0.4, 0.5) is 0 Å². The molecule has 1 heterocycles. The number of aryl methyl sites for hydroxylation is 2. The van der Waals surface area contributed by atoms with Crippen LogP contribution in [0.15, 0.2) is 18.2 Å². The molecule has 1 aromatic carbocycles. The van der Waals surface area contributed by atoms with Gasteiger partial charge in [0.1, 0.15) is 5.82 Å². The third-order valence-corrected chi connectivity index (χ3v) is 3.33.